The van der Waals surface area contributed by atoms with Crippen molar-refractivity contribution in [2.45, 2.75) is 20.0 Å². The Bertz CT molecular complexity index is 330. The van der Waals surface area contributed by atoms with Crippen LogP contribution in [0.25, 0.3) is 0 Å². The third-order valence-electron chi connectivity index (χ3n) is 1.78. The predicted molar refractivity (Wildman–Crippen MR) is 46.8 cm³/mol. The Labute approximate surface area is 70.0 Å². The number of aryl methyl sites for hydroxylation is 1. The highest BCUT2D eigenvalue weighted by atomic mass is 16.3. The number of aliphatic hydroxyl groups is 1. The maximum Gasteiger partial charge on any atom is 0.271 e. The number of aromatic amines is 1. The number of anilines is 1. The summed E-state index contributed by atoms with van der Waals surface area (Å²) in [5.74, 6) is 0. The molecule has 4 N–H and O–H groups in total. The van der Waals surface area contributed by atoms with Crippen LogP contribution in [0.3, 0.4) is 0 Å². The molecule has 0 aliphatic carbocycles. The highest BCUT2D eigenvalue weighted by Crippen LogP contribution is 2.07. The predicted octanol–water partition coefficient (Wildman–Crippen LogP) is 0.0118. The van der Waals surface area contributed by atoms with Crippen LogP contribution in [0.15, 0.2) is 10.9 Å². The lowest BCUT2D eigenvalue weighted by molar-refractivity contribution is 0.275. The standard InChI is InChI=1S/C8H12N2O2/c1-2-5-3-6(9)8(12)10-7(5)4-11/h3,11H,2,4,9H2,1H3,(H,10,12). The fraction of sp³-hybridized carbons (Fsp3) is 0.375. The minimum Gasteiger partial charge on any atom is -0.394 e. The van der Waals surface area contributed by atoms with Crippen molar-refractivity contribution < 1.29 is 5.11 Å². The van der Waals surface area contributed by atoms with Gasteiger partial charge in [-0.2, -0.15) is 0 Å². The molecule has 1 heterocycles. The maximum atomic E-state index is 11.0. The van der Waals surface area contributed by atoms with E-state index in [4.69, 9.17) is 10.8 Å². The molecule has 0 saturated carbocycles. The second-order valence-electron chi connectivity index (χ2n) is 2.57. The second-order valence-corrected chi connectivity index (χ2v) is 2.57. The van der Waals surface area contributed by atoms with Gasteiger partial charge in [-0.15, -0.1) is 0 Å². The molecule has 0 aliphatic rings. The summed E-state index contributed by atoms with van der Waals surface area (Å²) in [7, 11) is 0. The lowest BCUT2D eigenvalue weighted by Gasteiger charge is -2.04. The molecular weight excluding hydrogens is 156 g/mol. The molecule has 4 nitrogen and oxygen atoms in total. The van der Waals surface area contributed by atoms with E-state index in [1.54, 1.807) is 6.07 Å². The fourth-order valence-electron chi connectivity index (χ4n) is 1.09. The van der Waals surface area contributed by atoms with Crippen molar-refractivity contribution >= 4 is 5.69 Å². The van der Waals surface area contributed by atoms with Crippen LogP contribution in [0.4, 0.5) is 5.69 Å². The molecule has 0 saturated heterocycles. The Morgan fingerprint density at radius 1 is 1.67 bits per heavy atom. The van der Waals surface area contributed by atoms with Crippen LogP contribution in [0.1, 0.15) is 18.2 Å². The summed E-state index contributed by atoms with van der Waals surface area (Å²) in [6.45, 7) is 1.78. The lowest BCUT2D eigenvalue weighted by atomic mass is 10.1. The molecule has 0 radical (unpaired) electrons. The van der Waals surface area contributed by atoms with Crippen LogP contribution in [-0.2, 0) is 13.0 Å². The zero-order chi connectivity index (χ0) is 9.14. The summed E-state index contributed by atoms with van der Waals surface area (Å²) in [6, 6.07) is 1.60. The first-order valence-electron chi connectivity index (χ1n) is 3.80. The van der Waals surface area contributed by atoms with E-state index in [0.29, 0.717) is 5.69 Å². The zero-order valence-corrected chi connectivity index (χ0v) is 6.92. The van der Waals surface area contributed by atoms with Gasteiger partial charge >= 0.3 is 0 Å². The van der Waals surface area contributed by atoms with E-state index in [1.807, 2.05) is 6.92 Å². The summed E-state index contributed by atoms with van der Waals surface area (Å²) < 4.78 is 0. The number of nitrogens with one attached hydrogen (secondary N) is 1. The van der Waals surface area contributed by atoms with Crippen LogP contribution in [0.5, 0.6) is 0 Å². The van der Waals surface area contributed by atoms with Gasteiger partial charge in [0.25, 0.3) is 5.56 Å². The Morgan fingerprint density at radius 2 is 2.33 bits per heavy atom. The van der Waals surface area contributed by atoms with E-state index in [0.717, 1.165) is 12.0 Å². The number of aliphatic hydroxyl groups excluding tert-OH is 1. The minimum absolute atomic E-state index is 0.154. The molecule has 12 heavy (non-hydrogen) atoms. The topological polar surface area (TPSA) is 79.1 Å². The van der Waals surface area contributed by atoms with Crippen molar-refractivity contribution in [1.82, 2.24) is 4.98 Å². The number of pyridine rings is 1. The van der Waals surface area contributed by atoms with Gasteiger partial charge in [-0.25, -0.2) is 0 Å². The van der Waals surface area contributed by atoms with Crippen molar-refractivity contribution in [2.24, 2.45) is 0 Å². The first kappa shape index (κ1) is 8.80. The summed E-state index contributed by atoms with van der Waals surface area (Å²) >= 11 is 0. The molecule has 1 aromatic rings. The van der Waals surface area contributed by atoms with E-state index >= 15 is 0 Å². The minimum atomic E-state index is -0.337. The largest absolute Gasteiger partial charge is 0.394 e. The normalized spacial score (nSPS) is 10.2. The number of aromatic nitrogens is 1. The number of rotatable bonds is 2. The molecule has 0 aromatic carbocycles. The Morgan fingerprint density at radius 3 is 2.83 bits per heavy atom. The Hall–Kier alpha value is -1.29. The van der Waals surface area contributed by atoms with Gasteiger partial charge in [-0.3, -0.25) is 4.79 Å². The van der Waals surface area contributed by atoms with Crippen LogP contribution in [0, 0.1) is 0 Å². The molecule has 1 rings (SSSR count). The van der Waals surface area contributed by atoms with E-state index in [1.165, 1.54) is 0 Å². The summed E-state index contributed by atoms with van der Waals surface area (Å²) in [4.78, 5) is 13.5. The highest BCUT2D eigenvalue weighted by molar-refractivity contribution is 5.39. The summed E-state index contributed by atoms with van der Waals surface area (Å²) in [5.41, 5.74) is 6.69. The first-order chi connectivity index (χ1) is 5.69. The van der Waals surface area contributed by atoms with Crippen molar-refractivity contribution in [1.29, 1.82) is 0 Å². The van der Waals surface area contributed by atoms with Crippen LogP contribution < -0.4 is 11.3 Å². The lowest BCUT2D eigenvalue weighted by Crippen LogP contribution is -2.15. The average Bonchev–Trinajstić information content (AvgIpc) is 2.09. The number of hydrogen-bond acceptors (Lipinski definition) is 3. The van der Waals surface area contributed by atoms with Gasteiger partial charge in [0.1, 0.15) is 0 Å². The SMILES string of the molecule is CCc1cc(N)c(=O)[nH]c1CO. The molecule has 0 aliphatic heterocycles. The van der Waals surface area contributed by atoms with Gasteiger partial charge in [0.05, 0.1) is 12.3 Å². The third-order valence-corrected chi connectivity index (χ3v) is 1.78. The number of H-pyrrole nitrogens is 1. The van der Waals surface area contributed by atoms with E-state index in [9.17, 15) is 4.79 Å². The van der Waals surface area contributed by atoms with Gasteiger partial charge in [0.2, 0.25) is 0 Å². The van der Waals surface area contributed by atoms with Gasteiger partial charge in [-0.05, 0) is 18.1 Å². The molecule has 66 valence electrons. The highest BCUT2D eigenvalue weighted by Gasteiger charge is 2.03. The van der Waals surface area contributed by atoms with E-state index in [2.05, 4.69) is 4.98 Å². The Balaban J connectivity index is 3.29. The number of nitrogen functional groups attached to an aromatic ring is 1. The summed E-state index contributed by atoms with van der Waals surface area (Å²) in [5, 5.41) is 8.85. The monoisotopic (exact) mass is 168 g/mol. The summed E-state index contributed by atoms with van der Waals surface area (Å²) in [6.07, 6.45) is 0.747. The van der Waals surface area contributed by atoms with Gasteiger partial charge in [-0.1, -0.05) is 6.92 Å². The average molecular weight is 168 g/mol. The van der Waals surface area contributed by atoms with Gasteiger partial charge in [0.15, 0.2) is 0 Å². The van der Waals surface area contributed by atoms with Crippen LogP contribution in [-0.4, -0.2) is 10.1 Å². The van der Waals surface area contributed by atoms with E-state index in [-0.39, 0.29) is 17.9 Å². The van der Waals surface area contributed by atoms with Crippen molar-refractivity contribution in [2.75, 3.05) is 5.73 Å². The smallest absolute Gasteiger partial charge is 0.271 e. The number of hydrogen-bond donors (Lipinski definition) is 3. The van der Waals surface area contributed by atoms with Crippen molar-refractivity contribution in [3.05, 3.63) is 27.7 Å². The zero-order valence-electron chi connectivity index (χ0n) is 6.92. The molecule has 0 amide bonds. The maximum absolute atomic E-state index is 11.0. The second kappa shape index (κ2) is 3.40. The van der Waals surface area contributed by atoms with E-state index < -0.39 is 0 Å². The quantitative estimate of drug-likeness (QED) is 0.582. The Kier molecular flexibility index (Phi) is 2.50. The molecule has 0 unspecified atom stereocenters. The van der Waals surface area contributed by atoms with Crippen molar-refractivity contribution in [3.63, 3.8) is 0 Å². The van der Waals surface area contributed by atoms with Crippen LogP contribution in [0.2, 0.25) is 0 Å². The van der Waals surface area contributed by atoms with Crippen LogP contribution >= 0.6 is 0 Å². The molecule has 4 heteroatoms. The van der Waals surface area contributed by atoms with Gasteiger partial charge in [0, 0.05) is 5.69 Å². The molecule has 0 bridgehead atoms. The molecule has 0 fully saturated rings. The fourth-order valence-corrected chi connectivity index (χ4v) is 1.09. The molecular formula is C8H12N2O2. The first-order valence-corrected chi connectivity index (χ1v) is 3.80. The molecule has 0 spiro atoms. The van der Waals surface area contributed by atoms with Crippen molar-refractivity contribution in [3.8, 4) is 0 Å². The van der Waals surface area contributed by atoms with Gasteiger partial charge < -0.3 is 15.8 Å². The molecule has 1 aromatic heterocycles. The molecule has 0 atom stereocenters. The third kappa shape index (κ3) is 1.48. The number of nitrogens with two attached hydrogens (primary N) is 1.